The highest BCUT2D eigenvalue weighted by Crippen LogP contribution is 2.13. The number of nitrogens with one attached hydrogen (secondary N) is 2. The molecule has 84 valence electrons. The van der Waals surface area contributed by atoms with Gasteiger partial charge in [0.15, 0.2) is 0 Å². The quantitative estimate of drug-likeness (QED) is 0.726. The van der Waals surface area contributed by atoms with Crippen LogP contribution >= 0.6 is 0 Å². The Hall–Kier alpha value is -0.130. The number of hydrogen-bond donors (Lipinski definition) is 2. The summed E-state index contributed by atoms with van der Waals surface area (Å²) in [6, 6.07) is 0.312. The van der Waals surface area contributed by atoms with Gasteiger partial charge >= 0.3 is 0 Å². The van der Waals surface area contributed by atoms with Crippen molar-refractivity contribution in [3.05, 3.63) is 0 Å². The standard InChI is InChI=1S/C9H20N2O2S/c1-9(2,3)14(12,13)11-7-8-5-4-6-10-8/h8,10-11H,4-7H2,1-3H3. The summed E-state index contributed by atoms with van der Waals surface area (Å²) in [5.74, 6) is 0. The summed E-state index contributed by atoms with van der Waals surface area (Å²) in [6.45, 7) is 6.63. The molecule has 0 bridgehead atoms. The van der Waals surface area contributed by atoms with Crippen LogP contribution in [0.3, 0.4) is 0 Å². The molecule has 0 radical (unpaired) electrons. The van der Waals surface area contributed by atoms with Crippen LogP contribution in [0.15, 0.2) is 0 Å². The molecule has 1 unspecified atom stereocenters. The van der Waals surface area contributed by atoms with Gasteiger partial charge in [0.1, 0.15) is 0 Å². The maximum atomic E-state index is 11.7. The summed E-state index contributed by atoms with van der Waals surface area (Å²) in [5, 5.41) is 3.25. The Balaban J connectivity index is 2.44. The first-order valence-electron chi connectivity index (χ1n) is 5.05. The molecule has 1 aliphatic rings. The van der Waals surface area contributed by atoms with Gasteiger partial charge in [-0.1, -0.05) is 0 Å². The number of rotatable bonds is 3. The van der Waals surface area contributed by atoms with Crippen molar-refractivity contribution in [3.63, 3.8) is 0 Å². The molecule has 1 saturated heterocycles. The van der Waals surface area contributed by atoms with Crippen molar-refractivity contribution in [3.8, 4) is 0 Å². The van der Waals surface area contributed by atoms with E-state index in [1.54, 1.807) is 20.8 Å². The van der Waals surface area contributed by atoms with Gasteiger partial charge < -0.3 is 5.32 Å². The van der Waals surface area contributed by atoms with Gasteiger partial charge in [0.25, 0.3) is 0 Å². The zero-order valence-electron chi connectivity index (χ0n) is 9.13. The smallest absolute Gasteiger partial charge is 0.216 e. The minimum absolute atomic E-state index is 0.312. The summed E-state index contributed by atoms with van der Waals surface area (Å²) < 4.78 is 25.3. The molecule has 5 heteroatoms. The van der Waals surface area contributed by atoms with E-state index in [9.17, 15) is 8.42 Å². The first-order chi connectivity index (χ1) is 6.33. The minimum Gasteiger partial charge on any atom is -0.313 e. The Morgan fingerprint density at radius 1 is 1.43 bits per heavy atom. The molecular weight excluding hydrogens is 200 g/mol. The molecule has 0 aromatic rings. The highest BCUT2D eigenvalue weighted by atomic mass is 32.2. The summed E-state index contributed by atoms with van der Waals surface area (Å²) in [7, 11) is -3.18. The van der Waals surface area contributed by atoms with Gasteiger partial charge in [0.2, 0.25) is 10.0 Å². The third-order valence-electron chi connectivity index (χ3n) is 2.49. The van der Waals surface area contributed by atoms with Crippen LogP contribution < -0.4 is 10.0 Å². The minimum atomic E-state index is -3.18. The van der Waals surface area contributed by atoms with E-state index >= 15 is 0 Å². The summed E-state index contributed by atoms with van der Waals surface area (Å²) >= 11 is 0. The van der Waals surface area contributed by atoms with E-state index < -0.39 is 14.8 Å². The fourth-order valence-electron chi connectivity index (χ4n) is 1.36. The van der Waals surface area contributed by atoms with Crippen molar-refractivity contribution in [2.24, 2.45) is 0 Å². The van der Waals surface area contributed by atoms with Crippen molar-refractivity contribution in [1.29, 1.82) is 0 Å². The molecular formula is C9H20N2O2S. The van der Waals surface area contributed by atoms with Gasteiger partial charge in [-0.3, -0.25) is 0 Å². The average molecular weight is 220 g/mol. The Labute approximate surface area is 86.5 Å². The molecule has 0 aliphatic carbocycles. The van der Waals surface area contributed by atoms with Crippen LogP contribution in [0.1, 0.15) is 33.6 Å². The molecule has 0 aromatic heterocycles. The van der Waals surface area contributed by atoms with Crippen LogP contribution in [0.4, 0.5) is 0 Å². The highest BCUT2D eigenvalue weighted by molar-refractivity contribution is 7.90. The molecule has 1 atom stereocenters. The van der Waals surface area contributed by atoms with Crippen molar-refractivity contribution in [1.82, 2.24) is 10.0 Å². The third kappa shape index (κ3) is 2.93. The molecule has 14 heavy (non-hydrogen) atoms. The third-order valence-corrected chi connectivity index (χ3v) is 4.65. The van der Waals surface area contributed by atoms with E-state index in [0.717, 1.165) is 19.4 Å². The Kier molecular flexibility index (Phi) is 3.55. The molecule has 0 spiro atoms. The maximum absolute atomic E-state index is 11.7. The molecule has 4 nitrogen and oxygen atoms in total. The van der Waals surface area contributed by atoms with Crippen LogP contribution in [0.25, 0.3) is 0 Å². The SMILES string of the molecule is CC(C)(C)S(=O)(=O)NCC1CCCN1. The van der Waals surface area contributed by atoms with Crippen molar-refractivity contribution >= 4 is 10.0 Å². The first-order valence-corrected chi connectivity index (χ1v) is 6.54. The predicted octanol–water partition coefficient (Wildman–Crippen LogP) is 0.456. The van der Waals surface area contributed by atoms with Gasteiger partial charge in [-0.05, 0) is 40.2 Å². The molecule has 1 aliphatic heterocycles. The summed E-state index contributed by atoms with van der Waals surface area (Å²) in [4.78, 5) is 0. The van der Waals surface area contributed by atoms with Crippen molar-refractivity contribution in [2.75, 3.05) is 13.1 Å². The lowest BCUT2D eigenvalue weighted by molar-refractivity contribution is 0.525. The zero-order chi connectivity index (χ0) is 10.8. The normalized spacial score (nSPS) is 24.1. The highest BCUT2D eigenvalue weighted by Gasteiger charge is 2.29. The van der Waals surface area contributed by atoms with E-state index in [2.05, 4.69) is 10.0 Å². The van der Waals surface area contributed by atoms with Crippen LogP contribution in [0, 0.1) is 0 Å². The number of hydrogen-bond acceptors (Lipinski definition) is 3. The van der Waals surface area contributed by atoms with Gasteiger partial charge in [-0.15, -0.1) is 0 Å². The second-order valence-corrected chi connectivity index (χ2v) is 7.28. The van der Waals surface area contributed by atoms with Crippen LogP contribution in [-0.4, -0.2) is 32.3 Å². The average Bonchev–Trinajstić information content (AvgIpc) is 2.50. The molecule has 2 N–H and O–H groups in total. The van der Waals surface area contributed by atoms with Gasteiger partial charge in [0, 0.05) is 12.6 Å². The van der Waals surface area contributed by atoms with Gasteiger partial charge in [-0.2, -0.15) is 0 Å². The molecule has 1 heterocycles. The zero-order valence-corrected chi connectivity index (χ0v) is 9.95. The lowest BCUT2D eigenvalue weighted by Crippen LogP contribution is -2.44. The predicted molar refractivity (Wildman–Crippen MR) is 57.7 cm³/mol. The van der Waals surface area contributed by atoms with Crippen molar-refractivity contribution in [2.45, 2.75) is 44.4 Å². The van der Waals surface area contributed by atoms with Crippen molar-refractivity contribution < 1.29 is 8.42 Å². The largest absolute Gasteiger partial charge is 0.313 e. The molecule has 0 aromatic carbocycles. The monoisotopic (exact) mass is 220 g/mol. The van der Waals surface area contributed by atoms with E-state index in [1.165, 1.54) is 0 Å². The van der Waals surface area contributed by atoms with Gasteiger partial charge in [0.05, 0.1) is 4.75 Å². The topological polar surface area (TPSA) is 58.2 Å². The Morgan fingerprint density at radius 3 is 2.50 bits per heavy atom. The van der Waals surface area contributed by atoms with Crippen LogP contribution in [0.2, 0.25) is 0 Å². The lowest BCUT2D eigenvalue weighted by Gasteiger charge is -2.21. The molecule has 1 rings (SSSR count). The van der Waals surface area contributed by atoms with E-state index in [0.29, 0.717) is 12.6 Å². The van der Waals surface area contributed by atoms with E-state index in [4.69, 9.17) is 0 Å². The first kappa shape index (κ1) is 11.9. The molecule has 1 fully saturated rings. The summed E-state index contributed by atoms with van der Waals surface area (Å²) in [6.07, 6.45) is 2.20. The lowest BCUT2D eigenvalue weighted by atomic mass is 10.2. The second kappa shape index (κ2) is 4.16. The van der Waals surface area contributed by atoms with Crippen LogP contribution in [0.5, 0.6) is 0 Å². The van der Waals surface area contributed by atoms with E-state index in [-0.39, 0.29) is 0 Å². The van der Waals surface area contributed by atoms with Crippen LogP contribution in [-0.2, 0) is 10.0 Å². The Morgan fingerprint density at radius 2 is 2.07 bits per heavy atom. The molecule has 0 amide bonds. The molecule has 0 saturated carbocycles. The fraction of sp³-hybridized carbons (Fsp3) is 1.00. The fourth-order valence-corrected chi connectivity index (χ4v) is 2.21. The summed E-state index contributed by atoms with van der Waals surface area (Å²) in [5.41, 5.74) is 0. The van der Waals surface area contributed by atoms with Gasteiger partial charge in [-0.25, -0.2) is 13.1 Å². The van der Waals surface area contributed by atoms with E-state index in [1.807, 2.05) is 0 Å². The Bertz CT molecular complexity index is 274. The second-order valence-electron chi connectivity index (χ2n) is 4.76. The maximum Gasteiger partial charge on any atom is 0.216 e. The number of sulfonamides is 1.